The molecule has 0 atom stereocenters. The molecule has 2 aliphatic heterocycles. The molecular weight excluding hydrogens is 664 g/mol. The van der Waals surface area contributed by atoms with Gasteiger partial charge >= 0.3 is 0 Å². The van der Waals surface area contributed by atoms with Crippen LogP contribution in [0.15, 0.2) is 48.5 Å². The quantitative estimate of drug-likeness (QED) is 0.0381. The Hall–Kier alpha value is -5.54. The van der Waals surface area contributed by atoms with Gasteiger partial charge in [-0.05, 0) is 56.6 Å². The fourth-order valence-corrected chi connectivity index (χ4v) is 7.29. The van der Waals surface area contributed by atoms with E-state index in [1.54, 1.807) is 24.3 Å². The van der Waals surface area contributed by atoms with E-state index >= 15 is 0 Å². The highest BCUT2D eigenvalue weighted by molar-refractivity contribution is 6.41. The maximum atomic E-state index is 13.8. The third kappa shape index (κ3) is 6.19. The minimum Gasteiger partial charge on any atom is -0.355 e. The summed E-state index contributed by atoms with van der Waals surface area (Å²) in [5.41, 5.74) is 1.76. The number of imide groups is 2. The molecule has 2 heterocycles. The van der Waals surface area contributed by atoms with Gasteiger partial charge in [0.15, 0.2) is 0 Å². The summed E-state index contributed by atoms with van der Waals surface area (Å²) in [6, 6.07) is 14.6. The average molecular weight is 705 g/mol. The van der Waals surface area contributed by atoms with E-state index in [1.807, 2.05) is 24.3 Å². The summed E-state index contributed by atoms with van der Waals surface area (Å²) in [5, 5.41) is 24.3. The van der Waals surface area contributed by atoms with Gasteiger partial charge < -0.3 is 21.3 Å². The van der Waals surface area contributed by atoms with Gasteiger partial charge in [-0.1, -0.05) is 24.3 Å². The van der Waals surface area contributed by atoms with Crippen molar-refractivity contribution in [1.82, 2.24) is 41.7 Å². The van der Waals surface area contributed by atoms with Crippen molar-refractivity contribution in [2.24, 2.45) is 0 Å². The smallest absolute Gasteiger partial charge is 0.262 e. The Bertz CT molecular complexity index is 2010. The van der Waals surface area contributed by atoms with Crippen LogP contribution in [0.1, 0.15) is 55.3 Å². The number of hydrogen-bond acceptors (Lipinski definition) is 10. The number of nitrogens with one attached hydrogen (secondary N) is 6. The van der Waals surface area contributed by atoms with Crippen LogP contribution in [0.2, 0.25) is 0 Å². The molecule has 0 radical (unpaired) electrons. The van der Waals surface area contributed by atoms with E-state index < -0.39 is 0 Å². The zero-order chi connectivity index (χ0) is 36.5. The zero-order valence-corrected chi connectivity index (χ0v) is 29.0. The van der Waals surface area contributed by atoms with Crippen molar-refractivity contribution in [1.29, 1.82) is 0 Å². The van der Waals surface area contributed by atoms with Crippen LogP contribution in [0.3, 0.4) is 0 Å². The second kappa shape index (κ2) is 14.6. The fraction of sp³-hybridized carbons (Fsp3) is 0.316. The molecule has 5 aromatic rings. The van der Waals surface area contributed by atoms with Crippen molar-refractivity contribution in [3.8, 4) is 0 Å². The number of benzene rings is 5. The molecule has 0 bridgehead atoms. The van der Waals surface area contributed by atoms with Crippen LogP contribution in [0.5, 0.6) is 0 Å². The van der Waals surface area contributed by atoms with Gasteiger partial charge in [0.25, 0.3) is 23.6 Å². The summed E-state index contributed by atoms with van der Waals surface area (Å²) in [5.74, 6) is -1.70. The van der Waals surface area contributed by atoms with E-state index in [9.17, 15) is 28.8 Å². The maximum Gasteiger partial charge on any atom is 0.262 e. The number of amides is 6. The van der Waals surface area contributed by atoms with Gasteiger partial charge in [0.2, 0.25) is 11.8 Å². The van der Waals surface area contributed by atoms with Gasteiger partial charge in [-0.3, -0.25) is 49.2 Å². The minimum atomic E-state index is -0.381. The van der Waals surface area contributed by atoms with Gasteiger partial charge in [-0.15, -0.1) is 0 Å². The molecule has 0 fully saturated rings. The molecule has 268 valence electrons. The van der Waals surface area contributed by atoms with Crippen molar-refractivity contribution in [2.45, 2.75) is 13.8 Å². The molecule has 0 unspecified atom stereocenters. The summed E-state index contributed by atoms with van der Waals surface area (Å²) in [6.07, 6.45) is 0. The number of nitrogens with zero attached hydrogens (tertiary/aromatic N) is 2. The molecule has 52 heavy (non-hydrogen) atoms. The number of carbonyl (C=O) groups excluding carboxylic acids is 6. The molecule has 6 N–H and O–H groups in total. The monoisotopic (exact) mass is 704 g/mol. The van der Waals surface area contributed by atoms with E-state index in [1.165, 1.54) is 23.6 Å². The van der Waals surface area contributed by atoms with Crippen LogP contribution >= 0.6 is 0 Å². The van der Waals surface area contributed by atoms with Crippen molar-refractivity contribution in [2.75, 3.05) is 65.7 Å². The summed E-state index contributed by atoms with van der Waals surface area (Å²) in [6.45, 7) is 7.49. The normalized spacial score (nSPS) is 14.1. The molecule has 14 nitrogen and oxygen atoms in total. The third-order valence-electron chi connectivity index (χ3n) is 9.65. The molecule has 7 rings (SSSR count). The van der Waals surface area contributed by atoms with E-state index in [2.05, 4.69) is 31.9 Å². The summed E-state index contributed by atoms with van der Waals surface area (Å²) in [7, 11) is 0. The number of rotatable bonds is 16. The van der Waals surface area contributed by atoms with Crippen LogP contribution in [0, 0.1) is 0 Å². The lowest BCUT2D eigenvalue weighted by Crippen LogP contribution is -2.46. The Morgan fingerprint density at radius 2 is 0.712 bits per heavy atom. The molecule has 0 aromatic heterocycles. The molecule has 0 aliphatic carbocycles. The molecule has 0 saturated heterocycles. The predicted octanol–water partition coefficient (Wildman–Crippen LogP) is 1.47. The lowest BCUT2D eigenvalue weighted by Gasteiger charge is -2.30. The topological polar surface area (TPSA) is 181 Å². The maximum absolute atomic E-state index is 13.8. The van der Waals surface area contributed by atoms with Crippen LogP contribution < -0.4 is 31.9 Å². The largest absolute Gasteiger partial charge is 0.355 e. The Morgan fingerprint density at radius 3 is 1.02 bits per heavy atom. The minimum absolute atomic E-state index is 0.0502. The lowest BCUT2D eigenvalue weighted by molar-refractivity contribution is -0.119. The Kier molecular flexibility index (Phi) is 9.79. The first-order valence-electron chi connectivity index (χ1n) is 17.4. The van der Waals surface area contributed by atoms with E-state index in [0.717, 1.165) is 32.3 Å². The third-order valence-corrected chi connectivity index (χ3v) is 9.65. The first-order chi connectivity index (χ1) is 25.2. The molecule has 0 spiro atoms. The Labute approximate surface area is 298 Å². The van der Waals surface area contributed by atoms with Gasteiger partial charge in [0.05, 0.1) is 13.3 Å². The van der Waals surface area contributed by atoms with Crippen molar-refractivity contribution in [3.63, 3.8) is 0 Å². The highest BCUT2D eigenvalue weighted by atomic mass is 16.2. The van der Waals surface area contributed by atoms with E-state index in [-0.39, 0.29) is 48.8 Å². The average Bonchev–Trinajstić information content (AvgIpc) is 3.13. The van der Waals surface area contributed by atoms with Crippen molar-refractivity contribution < 1.29 is 28.8 Å². The highest BCUT2D eigenvalue weighted by Gasteiger charge is 2.36. The highest BCUT2D eigenvalue weighted by Crippen LogP contribution is 2.46. The van der Waals surface area contributed by atoms with Gasteiger partial charge in [-0.2, -0.15) is 0 Å². The van der Waals surface area contributed by atoms with Crippen LogP contribution in [-0.4, -0.2) is 111 Å². The molecule has 2 aliphatic rings. The van der Waals surface area contributed by atoms with Crippen molar-refractivity contribution in [3.05, 3.63) is 70.8 Å². The van der Waals surface area contributed by atoms with E-state index in [4.69, 9.17) is 0 Å². The van der Waals surface area contributed by atoms with Crippen LogP contribution in [0.4, 0.5) is 0 Å². The Morgan fingerprint density at radius 1 is 0.423 bits per heavy atom. The number of fused-ring (bicyclic) bond motifs is 2. The summed E-state index contributed by atoms with van der Waals surface area (Å²) in [4.78, 5) is 79.5. The summed E-state index contributed by atoms with van der Waals surface area (Å²) < 4.78 is 0. The zero-order valence-electron chi connectivity index (χ0n) is 29.0. The fourth-order valence-electron chi connectivity index (χ4n) is 7.29. The first-order valence-corrected chi connectivity index (χ1v) is 17.4. The van der Waals surface area contributed by atoms with E-state index in [0.29, 0.717) is 85.4 Å². The lowest BCUT2D eigenvalue weighted by atomic mass is 9.82. The van der Waals surface area contributed by atoms with Crippen LogP contribution in [0.25, 0.3) is 43.1 Å². The van der Waals surface area contributed by atoms with Gasteiger partial charge in [0, 0.05) is 99.2 Å². The summed E-state index contributed by atoms with van der Waals surface area (Å²) >= 11 is 0. The van der Waals surface area contributed by atoms with Gasteiger partial charge in [0.1, 0.15) is 0 Å². The standard InChI is InChI=1S/C38H40N8O6/c1-21(47)43-17-15-39-11-13-41-19-45-35(49)27-7-3-23-25-5-9-29-34-30(38(52)46(37(29)51)20-42-14-12-40-16-18-44-22(2)48)10-6-26(32(25)34)24-4-8-28(36(45)50)33(27)31(23)24/h3-10,39-42H,11-20H2,1-2H3,(H,43,47)(H,44,48). The number of carbonyl (C=O) groups is 6. The predicted molar refractivity (Wildman–Crippen MR) is 197 cm³/mol. The van der Waals surface area contributed by atoms with Crippen LogP contribution in [-0.2, 0) is 9.59 Å². The second-order valence-electron chi connectivity index (χ2n) is 13.0. The molecular formula is C38H40N8O6. The molecule has 0 saturated carbocycles. The molecule has 6 amide bonds. The first kappa shape index (κ1) is 34.9. The molecule has 5 aromatic carbocycles. The Balaban J connectivity index is 1.13. The number of hydrogen-bond donors (Lipinski definition) is 6. The second-order valence-corrected chi connectivity index (χ2v) is 13.0. The van der Waals surface area contributed by atoms with Gasteiger partial charge in [-0.25, -0.2) is 0 Å². The molecule has 14 heteroatoms. The van der Waals surface area contributed by atoms with Crippen molar-refractivity contribution >= 4 is 78.5 Å². The SMILES string of the molecule is CC(=O)NCCNCCNCN1C(=O)c2ccc3c4ccc5c6c(ccc(c7ccc(c2c37)C1=O)c64)C(=O)N(CNCCNCCNC(C)=O)C5=O.